The average Bonchev–Trinajstić information content (AvgIpc) is 2.86. The van der Waals surface area contributed by atoms with E-state index in [0.717, 1.165) is 0 Å². The maximum absolute atomic E-state index is 2.12. The Morgan fingerprint density at radius 3 is 0.194 bits per heavy atom. The molecule has 0 spiro atoms. The third kappa shape index (κ3) is 993000. The molecule has 0 aromatic heterocycles. The lowest BCUT2D eigenvalue weighted by atomic mass is 10.6. The van der Waals surface area contributed by atoms with Crippen molar-refractivity contribution in [3.63, 3.8) is 0 Å². The second kappa shape index (κ2) is 1520. The average molecular weight is 526 g/mol. The van der Waals surface area contributed by atoms with Crippen molar-refractivity contribution in [2.75, 3.05) is 0 Å². The molecule has 9 radical (unpaired) electrons. The van der Waals surface area contributed by atoms with Gasteiger partial charge in [-0.2, -0.15) is 0 Å². The van der Waals surface area contributed by atoms with Gasteiger partial charge in [0.15, 0.2) is 0 Å². The highest BCUT2D eigenvalue weighted by molar-refractivity contribution is 5.76. The largest absolute Gasteiger partial charge is 0.0776 e. The van der Waals surface area contributed by atoms with Crippen LogP contribution in [0.25, 0.3) is 0 Å². The summed E-state index contributed by atoms with van der Waals surface area (Å²) in [4.78, 5) is 0. The van der Waals surface area contributed by atoms with Crippen LogP contribution in [0, 0.1) is 0 Å². The lowest BCUT2D eigenvalue weighted by Gasteiger charge is -1.48. The van der Waals surface area contributed by atoms with Gasteiger partial charge in [0.2, 0.25) is 0 Å². The third-order valence-electron chi connectivity index (χ3n) is 0. The van der Waals surface area contributed by atoms with E-state index in [1.165, 1.54) is 32.1 Å². The van der Waals surface area contributed by atoms with Crippen LogP contribution >= 0.6 is 0 Å². The minimum absolute atomic E-state index is 0. The van der Waals surface area contributed by atoms with Crippen molar-refractivity contribution in [1.29, 1.82) is 0 Å². The number of rotatable bonds is 0. The summed E-state index contributed by atoms with van der Waals surface area (Å²) in [5, 5.41) is 0. The maximum Gasteiger partial charge on any atom is 0 e. The number of hydrogen-bond acceptors (Lipinski definition) is 0. The molecule has 0 aliphatic carbocycles. The van der Waals surface area contributed by atoms with Gasteiger partial charge < -0.3 is 0 Å². The van der Waals surface area contributed by atoms with Gasteiger partial charge in [-0.25, -0.2) is 0 Å². The van der Waals surface area contributed by atoms with Gasteiger partial charge in [-0.1, -0.05) is 227 Å². The van der Waals surface area contributed by atoms with Gasteiger partial charge in [-0.3, -0.25) is 0 Å². The fourth-order valence-corrected chi connectivity index (χ4v) is 0. The molecule has 0 saturated carbocycles. The highest BCUT2D eigenvalue weighted by atomic mass is 13.4. The van der Waals surface area contributed by atoms with Crippen molar-refractivity contribution in [2.24, 2.45) is 0 Å². The molecule has 237 valence electrons. The summed E-state index contributed by atoms with van der Waals surface area (Å²) in [5.41, 5.74) is 0. The molecule has 0 N–H and O–H groups in total. The zero-order valence-corrected chi connectivity index (χ0v) is 31.3. The van der Waals surface area contributed by atoms with Crippen molar-refractivity contribution in [3.8, 4) is 0 Å². The molecule has 0 nitrogen and oxygen atoms in total. The van der Waals surface area contributed by atoms with E-state index >= 15 is 0 Å². The van der Waals surface area contributed by atoms with Crippen LogP contribution in [-0.2, 0) is 0 Å². The van der Waals surface area contributed by atoms with E-state index in [1.54, 1.807) is 0 Å². The Bertz CT molecular complexity index is 26.5. The standard InChI is InChI=1S/5C3H8.8C2H6.2CH4.3B/c5*1-3-2;8*1-2;;;;;/h5*3H2,1-2H3;8*1-2H3;2*1H4;;;. The summed E-state index contributed by atoms with van der Waals surface area (Å²) in [6.45, 7) is 53.2. The van der Waals surface area contributed by atoms with Crippen LogP contribution in [0.3, 0.4) is 0 Å². The van der Waals surface area contributed by atoms with E-state index in [4.69, 9.17) is 0 Å². The molecule has 0 aliphatic rings. The van der Waals surface area contributed by atoms with E-state index in [9.17, 15) is 0 Å². The maximum atomic E-state index is 2.12. The molecule has 0 fully saturated rings. The van der Waals surface area contributed by atoms with Crippen molar-refractivity contribution in [3.05, 3.63) is 0 Å². The Labute approximate surface area is 251 Å². The normalized spacial score (nSPS) is 3.83. The Balaban J connectivity index is -0.00000000606. The van der Waals surface area contributed by atoms with Crippen LogP contribution in [-0.4, -0.2) is 25.2 Å². The van der Waals surface area contributed by atoms with E-state index in [1.807, 2.05) is 111 Å². The molecule has 0 aromatic rings. The van der Waals surface area contributed by atoms with Crippen molar-refractivity contribution in [1.82, 2.24) is 0 Å². The summed E-state index contributed by atoms with van der Waals surface area (Å²) < 4.78 is 0. The second-order valence-electron chi connectivity index (χ2n) is 3.54. The monoisotopic (exact) mass is 526 g/mol. The lowest BCUT2D eigenvalue weighted by Crippen LogP contribution is -1.27. The molecule has 3 heteroatoms. The van der Waals surface area contributed by atoms with Crippen molar-refractivity contribution < 1.29 is 0 Å². The van der Waals surface area contributed by atoms with E-state index < -0.39 is 0 Å². The molecule has 0 aromatic carbocycles. The molecule has 0 aliphatic heterocycles. The topological polar surface area (TPSA) is 0 Å². The minimum atomic E-state index is 0. The first-order valence-electron chi connectivity index (χ1n) is 15.1. The molecule has 0 heterocycles. The molecule has 0 atom stereocenters. The molecule has 0 amide bonds. The van der Waals surface area contributed by atoms with Gasteiger partial charge in [0, 0.05) is 25.2 Å². The van der Waals surface area contributed by atoms with Gasteiger partial charge in [0.05, 0.1) is 0 Å². The van der Waals surface area contributed by atoms with Gasteiger partial charge in [0.1, 0.15) is 0 Å². The summed E-state index contributed by atoms with van der Waals surface area (Å²) >= 11 is 0. The second-order valence-corrected chi connectivity index (χ2v) is 3.54. The van der Waals surface area contributed by atoms with Gasteiger partial charge in [0.25, 0.3) is 0 Å². The Morgan fingerprint density at radius 1 is 0.194 bits per heavy atom. The molecule has 0 unspecified atom stereocenters. The first-order chi connectivity index (χ1) is 15.1. The lowest BCUT2D eigenvalue weighted by molar-refractivity contribution is 1.09. The quantitative estimate of drug-likeness (QED) is 0.276. The summed E-state index contributed by atoms with van der Waals surface area (Å²) in [6, 6.07) is 0. The predicted octanol–water partition coefficient (Wildman–Crippen LogP) is 15.4. The van der Waals surface area contributed by atoms with Crippen molar-refractivity contribution in [2.45, 2.75) is 227 Å². The van der Waals surface area contributed by atoms with Crippen LogP contribution in [0.5, 0.6) is 0 Å². The molecule has 0 saturated heterocycles. The third-order valence-corrected chi connectivity index (χ3v) is 0. The van der Waals surface area contributed by atoms with Gasteiger partial charge >= 0.3 is 0 Å². The molecule has 0 bridgehead atoms. The zero-order valence-electron chi connectivity index (χ0n) is 31.3. The summed E-state index contributed by atoms with van der Waals surface area (Å²) in [6.07, 6.45) is 6.25. The zero-order chi connectivity index (χ0) is 29.5. The fraction of sp³-hybridized carbons (Fsp3) is 1.00. The summed E-state index contributed by atoms with van der Waals surface area (Å²) in [7, 11) is 0. The van der Waals surface area contributed by atoms with Gasteiger partial charge in [-0.15, -0.1) is 0 Å². The van der Waals surface area contributed by atoms with Crippen LogP contribution < -0.4 is 0 Å². The molecular formula is C33H96B3. The fourth-order valence-electron chi connectivity index (χ4n) is 0. The highest BCUT2D eigenvalue weighted by Crippen LogP contribution is 1.57. The van der Waals surface area contributed by atoms with E-state index in [0.29, 0.717) is 0 Å². The van der Waals surface area contributed by atoms with Crippen LogP contribution in [0.15, 0.2) is 0 Å². The summed E-state index contributed by atoms with van der Waals surface area (Å²) in [5.74, 6) is 0. The minimum Gasteiger partial charge on any atom is -0.0776 e. The van der Waals surface area contributed by atoms with Crippen LogP contribution in [0.2, 0.25) is 0 Å². The molecule has 0 rings (SSSR count). The smallest absolute Gasteiger partial charge is 0 e. The van der Waals surface area contributed by atoms with E-state index in [2.05, 4.69) is 69.2 Å². The predicted molar refractivity (Wildman–Crippen MR) is 201 cm³/mol. The molecular weight excluding hydrogens is 429 g/mol. The first-order valence-corrected chi connectivity index (χ1v) is 15.1. The van der Waals surface area contributed by atoms with Crippen molar-refractivity contribution >= 4 is 25.2 Å². The Hall–Kier alpha value is 0.195. The van der Waals surface area contributed by atoms with Crippen LogP contribution in [0.4, 0.5) is 0 Å². The van der Waals surface area contributed by atoms with E-state index in [-0.39, 0.29) is 40.1 Å². The van der Waals surface area contributed by atoms with Crippen LogP contribution in [0.1, 0.15) is 227 Å². The number of hydrogen-bond donors (Lipinski definition) is 0. The Kier molecular flexibility index (Phi) is 5740. The Morgan fingerprint density at radius 2 is 0.194 bits per heavy atom. The van der Waals surface area contributed by atoms with Gasteiger partial charge in [-0.05, 0) is 0 Å². The first kappa shape index (κ1) is 135. The highest BCUT2D eigenvalue weighted by Gasteiger charge is 1.36. The SMILES string of the molecule is C.C.CC.CC.CC.CC.CC.CC.CC.CC.CCC.CCC.CCC.CCC.CCC.[B].[B].[B]. The molecule has 36 heavy (non-hydrogen) atoms.